The third kappa shape index (κ3) is 4.43. The van der Waals surface area contributed by atoms with Gasteiger partial charge in [-0.05, 0) is 61.1 Å². The molecule has 1 aliphatic heterocycles. The molecule has 0 N–H and O–H groups in total. The predicted octanol–water partition coefficient (Wildman–Crippen LogP) is 4.92. The average molecular weight is 418 g/mol. The number of rotatable bonds is 6. The largest absolute Gasteiger partial charge is 0.496 e. The maximum absolute atomic E-state index is 13.5. The Morgan fingerprint density at radius 2 is 1.79 bits per heavy atom. The molecule has 2 aromatic rings. The van der Waals surface area contributed by atoms with Crippen molar-refractivity contribution in [3.8, 4) is 11.5 Å². The standard InChI is InChI=1S/C23H31NO4S/c1-6-28-18-11-9-17(10-12-18)21-8-7-15-24(21)29(25,26)19-13-14-22(27-5)20(16-19)23(2,3)4/h9-14,16,21H,6-8,15H2,1-5H3/t21-/m1/s1. The van der Waals surface area contributed by atoms with Crippen LogP contribution in [0.5, 0.6) is 11.5 Å². The summed E-state index contributed by atoms with van der Waals surface area (Å²) in [6, 6.07) is 12.8. The van der Waals surface area contributed by atoms with Crippen LogP contribution < -0.4 is 9.47 Å². The van der Waals surface area contributed by atoms with Crippen LogP contribution in [0.15, 0.2) is 47.4 Å². The Labute approximate surface area is 174 Å². The summed E-state index contributed by atoms with van der Waals surface area (Å²) in [6.07, 6.45) is 1.66. The summed E-state index contributed by atoms with van der Waals surface area (Å²) in [5.41, 5.74) is 1.66. The average Bonchev–Trinajstić information content (AvgIpc) is 3.18. The van der Waals surface area contributed by atoms with Gasteiger partial charge in [0, 0.05) is 12.1 Å². The van der Waals surface area contributed by atoms with Gasteiger partial charge >= 0.3 is 0 Å². The highest BCUT2D eigenvalue weighted by molar-refractivity contribution is 7.89. The van der Waals surface area contributed by atoms with Crippen LogP contribution in [0.1, 0.15) is 57.7 Å². The van der Waals surface area contributed by atoms with E-state index in [0.717, 1.165) is 29.7 Å². The highest BCUT2D eigenvalue weighted by atomic mass is 32.2. The van der Waals surface area contributed by atoms with Crippen LogP contribution in [-0.4, -0.2) is 33.0 Å². The van der Waals surface area contributed by atoms with E-state index < -0.39 is 10.0 Å². The molecule has 1 saturated heterocycles. The number of hydrogen-bond acceptors (Lipinski definition) is 4. The van der Waals surface area contributed by atoms with Crippen molar-refractivity contribution in [3.05, 3.63) is 53.6 Å². The van der Waals surface area contributed by atoms with Gasteiger partial charge in [0.1, 0.15) is 11.5 Å². The Morgan fingerprint density at radius 1 is 1.10 bits per heavy atom. The van der Waals surface area contributed by atoms with Gasteiger partial charge in [0.2, 0.25) is 10.0 Å². The monoisotopic (exact) mass is 417 g/mol. The van der Waals surface area contributed by atoms with Gasteiger partial charge in [-0.1, -0.05) is 32.9 Å². The van der Waals surface area contributed by atoms with Gasteiger partial charge in [-0.25, -0.2) is 8.42 Å². The van der Waals surface area contributed by atoms with Gasteiger partial charge in [0.15, 0.2) is 0 Å². The first kappa shape index (κ1) is 21.7. The normalized spacial score (nSPS) is 18.0. The zero-order valence-electron chi connectivity index (χ0n) is 17.9. The Hall–Kier alpha value is -2.05. The van der Waals surface area contributed by atoms with Gasteiger partial charge in [0.25, 0.3) is 0 Å². The van der Waals surface area contributed by atoms with Crippen LogP contribution in [0, 0.1) is 0 Å². The summed E-state index contributed by atoms with van der Waals surface area (Å²) in [5, 5.41) is 0. The van der Waals surface area contributed by atoms with Crippen molar-refractivity contribution in [3.63, 3.8) is 0 Å². The Balaban J connectivity index is 1.96. The lowest BCUT2D eigenvalue weighted by molar-refractivity contribution is 0.339. The van der Waals surface area contributed by atoms with E-state index in [4.69, 9.17) is 9.47 Å². The molecule has 1 aliphatic rings. The summed E-state index contributed by atoms with van der Waals surface area (Å²) >= 11 is 0. The number of ether oxygens (including phenoxy) is 2. The van der Waals surface area contributed by atoms with Crippen molar-refractivity contribution in [1.29, 1.82) is 0 Å². The van der Waals surface area contributed by atoms with Crippen LogP contribution in [0.4, 0.5) is 0 Å². The van der Waals surface area contributed by atoms with E-state index in [2.05, 4.69) is 20.8 Å². The molecule has 0 bridgehead atoms. The van der Waals surface area contributed by atoms with Gasteiger partial charge in [-0.2, -0.15) is 4.31 Å². The fraction of sp³-hybridized carbons (Fsp3) is 0.478. The third-order valence-corrected chi connectivity index (χ3v) is 7.27. The van der Waals surface area contributed by atoms with E-state index >= 15 is 0 Å². The molecule has 0 spiro atoms. The van der Waals surface area contributed by atoms with Crippen LogP contribution in [0.3, 0.4) is 0 Å². The smallest absolute Gasteiger partial charge is 0.243 e. The topological polar surface area (TPSA) is 55.8 Å². The number of benzene rings is 2. The van der Waals surface area contributed by atoms with Crippen molar-refractivity contribution in [2.75, 3.05) is 20.3 Å². The molecule has 6 heteroatoms. The Kier molecular flexibility index (Phi) is 6.24. The van der Waals surface area contributed by atoms with E-state index in [9.17, 15) is 8.42 Å². The fourth-order valence-electron chi connectivity index (χ4n) is 3.88. The molecule has 0 aliphatic carbocycles. The van der Waals surface area contributed by atoms with Crippen LogP contribution in [0.2, 0.25) is 0 Å². The van der Waals surface area contributed by atoms with Gasteiger partial charge in [0.05, 0.1) is 24.7 Å². The number of nitrogens with zero attached hydrogens (tertiary/aromatic N) is 1. The molecule has 0 saturated carbocycles. The number of sulfonamides is 1. The second kappa shape index (κ2) is 8.36. The van der Waals surface area contributed by atoms with Crippen molar-refractivity contribution >= 4 is 10.0 Å². The maximum Gasteiger partial charge on any atom is 0.243 e. The van der Waals surface area contributed by atoms with Crippen LogP contribution >= 0.6 is 0 Å². The van der Waals surface area contributed by atoms with Crippen molar-refractivity contribution in [2.45, 2.75) is 56.9 Å². The molecule has 5 nitrogen and oxygen atoms in total. The summed E-state index contributed by atoms with van der Waals surface area (Å²) < 4.78 is 39.7. The zero-order valence-corrected chi connectivity index (χ0v) is 18.8. The maximum atomic E-state index is 13.5. The fourth-order valence-corrected chi connectivity index (χ4v) is 5.59. The first-order chi connectivity index (χ1) is 13.7. The Bertz CT molecular complexity index is 946. The second-order valence-electron chi connectivity index (χ2n) is 8.39. The van der Waals surface area contributed by atoms with E-state index in [0.29, 0.717) is 23.8 Å². The van der Waals surface area contributed by atoms with Gasteiger partial charge in [-0.3, -0.25) is 0 Å². The quantitative estimate of drug-likeness (QED) is 0.670. The molecule has 1 atom stereocenters. The molecule has 1 fully saturated rings. The highest BCUT2D eigenvalue weighted by Gasteiger charge is 2.37. The first-order valence-electron chi connectivity index (χ1n) is 10.1. The molecule has 158 valence electrons. The molecule has 0 radical (unpaired) electrons. The molecule has 2 aromatic carbocycles. The predicted molar refractivity (Wildman–Crippen MR) is 115 cm³/mol. The summed E-state index contributed by atoms with van der Waals surface area (Å²) in [7, 11) is -2.01. The lowest BCUT2D eigenvalue weighted by Gasteiger charge is -2.27. The number of hydrogen-bond donors (Lipinski definition) is 0. The van der Waals surface area contributed by atoms with Crippen LogP contribution in [0.25, 0.3) is 0 Å². The molecule has 0 aromatic heterocycles. The molecule has 0 amide bonds. The molecular weight excluding hydrogens is 386 g/mol. The summed E-state index contributed by atoms with van der Waals surface area (Å²) in [4.78, 5) is 0.320. The molecule has 0 unspecified atom stereocenters. The van der Waals surface area contributed by atoms with Gasteiger partial charge in [-0.15, -0.1) is 0 Å². The molecule has 1 heterocycles. The molecular formula is C23H31NO4S. The first-order valence-corrected chi connectivity index (χ1v) is 11.6. The lowest BCUT2D eigenvalue weighted by Crippen LogP contribution is -2.31. The number of methoxy groups -OCH3 is 1. The third-order valence-electron chi connectivity index (χ3n) is 5.37. The lowest BCUT2D eigenvalue weighted by atomic mass is 9.86. The molecule has 29 heavy (non-hydrogen) atoms. The van der Waals surface area contributed by atoms with E-state index in [1.54, 1.807) is 29.6 Å². The second-order valence-corrected chi connectivity index (χ2v) is 10.3. The summed E-state index contributed by atoms with van der Waals surface area (Å²) in [5.74, 6) is 1.51. The minimum Gasteiger partial charge on any atom is -0.496 e. The minimum atomic E-state index is -3.62. The minimum absolute atomic E-state index is 0.157. The van der Waals surface area contributed by atoms with Gasteiger partial charge < -0.3 is 9.47 Å². The van der Waals surface area contributed by atoms with E-state index in [-0.39, 0.29) is 11.5 Å². The van der Waals surface area contributed by atoms with E-state index in [1.807, 2.05) is 31.2 Å². The van der Waals surface area contributed by atoms with Crippen molar-refractivity contribution in [1.82, 2.24) is 4.31 Å². The SMILES string of the molecule is CCOc1ccc([C@H]2CCCN2S(=O)(=O)c2ccc(OC)c(C(C)(C)C)c2)cc1. The molecule has 3 rings (SSSR count). The Morgan fingerprint density at radius 3 is 2.38 bits per heavy atom. The zero-order chi connectivity index (χ0) is 21.2. The highest BCUT2D eigenvalue weighted by Crippen LogP contribution is 2.39. The van der Waals surface area contributed by atoms with Crippen LogP contribution in [-0.2, 0) is 15.4 Å². The summed E-state index contributed by atoms with van der Waals surface area (Å²) in [6.45, 7) is 9.24. The van der Waals surface area contributed by atoms with E-state index in [1.165, 1.54) is 0 Å². The van der Waals surface area contributed by atoms with Crippen molar-refractivity contribution < 1.29 is 17.9 Å². The van der Waals surface area contributed by atoms with Crippen molar-refractivity contribution in [2.24, 2.45) is 0 Å².